The summed E-state index contributed by atoms with van der Waals surface area (Å²) < 4.78 is 0. The molecule has 0 heterocycles. The van der Waals surface area contributed by atoms with Gasteiger partial charge in [-0.2, -0.15) is 0 Å². The first-order valence-corrected chi connectivity index (χ1v) is 5.83. The quantitative estimate of drug-likeness (QED) is 0.714. The first-order chi connectivity index (χ1) is 6.15. The summed E-state index contributed by atoms with van der Waals surface area (Å²) in [6.07, 6.45) is 5.98. The zero-order valence-corrected chi connectivity index (χ0v) is 9.29. The number of hydrogen-bond acceptors (Lipinski definition) is 1. The van der Waals surface area contributed by atoms with E-state index in [1.54, 1.807) is 0 Å². The van der Waals surface area contributed by atoms with E-state index in [1.165, 1.54) is 19.3 Å². The van der Waals surface area contributed by atoms with Crippen LogP contribution in [0.1, 0.15) is 52.9 Å². The minimum Gasteiger partial charge on any atom is -0.393 e. The fourth-order valence-electron chi connectivity index (χ4n) is 2.62. The number of rotatable bonds is 3. The zero-order valence-electron chi connectivity index (χ0n) is 9.29. The fraction of sp³-hybridized carbons (Fsp3) is 1.00. The maximum Gasteiger partial charge on any atom is 0.0545 e. The fourth-order valence-corrected chi connectivity index (χ4v) is 2.62. The summed E-state index contributed by atoms with van der Waals surface area (Å²) in [5, 5.41) is 9.67. The number of aliphatic hydroxyl groups is 1. The lowest BCUT2D eigenvalue weighted by Crippen LogP contribution is -2.32. The molecule has 0 saturated heterocycles. The molecule has 1 saturated carbocycles. The molecule has 13 heavy (non-hydrogen) atoms. The summed E-state index contributed by atoms with van der Waals surface area (Å²) in [4.78, 5) is 0. The highest BCUT2D eigenvalue weighted by atomic mass is 16.3. The van der Waals surface area contributed by atoms with Crippen molar-refractivity contribution in [3.8, 4) is 0 Å². The standard InChI is InChI=1S/C12H24O/c1-4-5-6-11-8-12(13)7-9(2)10(11)3/h9-13H,4-8H2,1-3H3. The highest BCUT2D eigenvalue weighted by molar-refractivity contribution is 4.81. The van der Waals surface area contributed by atoms with Gasteiger partial charge in [0.05, 0.1) is 6.10 Å². The summed E-state index contributed by atoms with van der Waals surface area (Å²) in [6.45, 7) is 6.89. The molecule has 0 aromatic rings. The molecule has 0 aliphatic heterocycles. The van der Waals surface area contributed by atoms with Crippen molar-refractivity contribution >= 4 is 0 Å². The summed E-state index contributed by atoms with van der Waals surface area (Å²) >= 11 is 0. The Morgan fingerprint density at radius 3 is 2.54 bits per heavy atom. The van der Waals surface area contributed by atoms with Gasteiger partial charge in [0.2, 0.25) is 0 Å². The predicted octanol–water partition coefficient (Wildman–Crippen LogP) is 3.22. The summed E-state index contributed by atoms with van der Waals surface area (Å²) in [6, 6.07) is 0. The molecule has 0 radical (unpaired) electrons. The van der Waals surface area contributed by atoms with Gasteiger partial charge in [-0.3, -0.25) is 0 Å². The smallest absolute Gasteiger partial charge is 0.0545 e. The van der Waals surface area contributed by atoms with Crippen LogP contribution in [-0.4, -0.2) is 11.2 Å². The van der Waals surface area contributed by atoms with E-state index in [9.17, 15) is 5.11 Å². The second-order valence-electron chi connectivity index (χ2n) is 4.86. The first kappa shape index (κ1) is 11.0. The SMILES string of the molecule is CCCCC1CC(O)CC(C)C1C. The molecule has 1 heteroatoms. The van der Waals surface area contributed by atoms with Crippen LogP contribution in [-0.2, 0) is 0 Å². The number of unbranched alkanes of at least 4 members (excludes halogenated alkanes) is 1. The second-order valence-corrected chi connectivity index (χ2v) is 4.86. The van der Waals surface area contributed by atoms with Crippen molar-refractivity contribution in [1.29, 1.82) is 0 Å². The van der Waals surface area contributed by atoms with Crippen molar-refractivity contribution in [2.45, 2.75) is 59.0 Å². The van der Waals surface area contributed by atoms with Crippen LogP contribution >= 0.6 is 0 Å². The van der Waals surface area contributed by atoms with E-state index >= 15 is 0 Å². The molecule has 78 valence electrons. The lowest BCUT2D eigenvalue weighted by atomic mass is 9.71. The van der Waals surface area contributed by atoms with Gasteiger partial charge < -0.3 is 5.11 Å². The van der Waals surface area contributed by atoms with Crippen LogP contribution in [0.3, 0.4) is 0 Å². The third-order valence-electron chi connectivity index (χ3n) is 3.79. The monoisotopic (exact) mass is 184 g/mol. The largest absolute Gasteiger partial charge is 0.393 e. The van der Waals surface area contributed by atoms with Gasteiger partial charge in [0.1, 0.15) is 0 Å². The van der Waals surface area contributed by atoms with Gasteiger partial charge in [0, 0.05) is 0 Å². The van der Waals surface area contributed by atoms with E-state index in [-0.39, 0.29) is 6.10 Å². The average molecular weight is 184 g/mol. The van der Waals surface area contributed by atoms with Crippen LogP contribution < -0.4 is 0 Å². The molecule has 1 nitrogen and oxygen atoms in total. The van der Waals surface area contributed by atoms with E-state index in [2.05, 4.69) is 20.8 Å². The lowest BCUT2D eigenvalue weighted by molar-refractivity contribution is 0.0360. The molecule has 1 rings (SSSR count). The summed E-state index contributed by atoms with van der Waals surface area (Å²) in [7, 11) is 0. The van der Waals surface area contributed by atoms with E-state index in [0.717, 1.165) is 24.7 Å². The van der Waals surface area contributed by atoms with Crippen molar-refractivity contribution in [1.82, 2.24) is 0 Å². The third-order valence-corrected chi connectivity index (χ3v) is 3.79. The highest BCUT2D eigenvalue weighted by Gasteiger charge is 2.30. The predicted molar refractivity (Wildman–Crippen MR) is 56.6 cm³/mol. The van der Waals surface area contributed by atoms with Gasteiger partial charge in [0.25, 0.3) is 0 Å². The van der Waals surface area contributed by atoms with E-state index in [0.29, 0.717) is 5.92 Å². The zero-order chi connectivity index (χ0) is 9.84. The summed E-state index contributed by atoms with van der Waals surface area (Å²) in [5.41, 5.74) is 0. The molecule has 1 N–H and O–H groups in total. The molecule has 0 spiro atoms. The van der Waals surface area contributed by atoms with Crippen LogP contribution in [0.2, 0.25) is 0 Å². The Morgan fingerprint density at radius 2 is 1.92 bits per heavy atom. The summed E-state index contributed by atoms with van der Waals surface area (Å²) in [5.74, 6) is 2.30. The first-order valence-electron chi connectivity index (χ1n) is 5.83. The third kappa shape index (κ3) is 2.98. The van der Waals surface area contributed by atoms with Crippen LogP contribution in [0.4, 0.5) is 0 Å². The second kappa shape index (κ2) is 4.99. The topological polar surface area (TPSA) is 20.2 Å². The van der Waals surface area contributed by atoms with E-state index in [1.807, 2.05) is 0 Å². The van der Waals surface area contributed by atoms with Gasteiger partial charge in [-0.15, -0.1) is 0 Å². The number of aliphatic hydroxyl groups excluding tert-OH is 1. The molecule has 0 aromatic heterocycles. The van der Waals surface area contributed by atoms with Crippen LogP contribution in [0, 0.1) is 17.8 Å². The molecule has 4 unspecified atom stereocenters. The van der Waals surface area contributed by atoms with Gasteiger partial charge in [-0.25, -0.2) is 0 Å². The molecule has 1 aliphatic rings. The Morgan fingerprint density at radius 1 is 1.23 bits per heavy atom. The molecule has 0 amide bonds. The Hall–Kier alpha value is -0.0400. The Bertz CT molecular complexity index is 144. The van der Waals surface area contributed by atoms with Crippen LogP contribution in [0.5, 0.6) is 0 Å². The van der Waals surface area contributed by atoms with Crippen molar-refractivity contribution in [3.05, 3.63) is 0 Å². The maximum atomic E-state index is 9.67. The van der Waals surface area contributed by atoms with Crippen molar-refractivity contribution in [3.63, 3.8) is 0 Å². The highest BCUT2D eigenvalue weighted by Crippen LogP contribution is 2.37. The van der Waals surface area contributed by atoms with Gasteiger partial charge in [0.15, 0.2) is 0 Å². The molecule has 1 aliphatic carbocycles. The van der Waals surface area contributed by atoms with Crippen molar-refractivity contribution < 1.29 is 5.11 Å². The van der Waals surface area contributed by atoms with Crippen molar-refractivity contribution in [2.24, 2.45) is 17.8 Å². The molecule has 4 atom stereocenters. The number of hydrogen-bond donors (Lipinski definition) is 1. The Kier molecular flexibility index (Phi) is 4.24. The Labute approximate surface area is 82.5 Å². The van der Waals surface area contributed by atoms with Gasteiger partial charge >= 0.3 is 0 Å². The molecule has 0 bridgehead atoms. The van der Waals surface area contributed by atoms with Crippen LogP contribution in [0.25, 0.3) is 0 Å². The Balaban J connectivity index is 2.41. The van der Waals surface area contributed by atoms with Crippen LogP contribution in [0.15, 0.2) is 0 Å². The molecular weight excluding hydrogens is 160 g/mol. The lowest BCUT2D eigenvalue weighted by Gasteiger charge is -2.37. The molecule has 0 aromatic carbocycles. The van der Waals surface area contributed by atoms with Gasteiger partial charge in [-0.05, 0) is 30.6 Å². The van der Waals surface area contributed by atoms with E-state index < -0.39 is 0 Å². The van der Waals surface area contributed by atoms with Gasteiger partial charge in [-0.1, -0.05) is 40.0 Å². The van der Waals surface area contributed by atoms with E-state index in [4.69, 9.17) is 0 Å². The average Bonchev–Trinajstić information content (AvgIpc) is 2.09. The molecular formula is C12H24O. The molecule has 1 fully saturated rings. The minimum absolute atomic E-state index is 0.0203. The minimum atomic E-state index is -0.0203. The van der Waals surface area contributed by atoms with Crippen molar-refractivity contribution in [2.75, 3.05) is 0 Å². The normalized spacial score (nSPS) is 40.6. The maximum absolute atomic E-state index is 9.67.